The van der Waals surface area contributed by atoms with Gasteiger partial charge in [0.05, 0.1) is 0 Å². The molecule has 21 heavy (non-hydrogen) atoms. The molecule has 0 aliphatic carbocycles. The molecule has 0 aliphatic rings. The minimum atomic E-state index is -0.563. The topological polar surface area (TPSA) is 40.7 Å². The Balaban J connectivity index is 1.76. The number of fused-ring (bicyclic) bond motifs is 1. The van der Waals surface area contributed by atoms with Gasteiger partial charge in [0.1, 0.15) is 17.3 Å². The number of nitrogens with zero attached hydrogens (tertiary/aromatic N) is 1. The van der Waals surface area contributed by atoms with Gasteiger partial charge >= 0.3 is 0 Å². The summed E-state index contributed by atoms with van der Waals surface area (Å²) in [5, 5.41) is 4.29. The molecular weight excluding hydrogens is 272 g/mol. The zero-order valence-electron chi connectivity index (χ0n) is 11.5. The SMILES string of the molecule is C[C@@H](NCc1ccnc2[nH]ccc12)c1ccc(F)cc1F. The number of pyridine rings is 1. The van der Waals surface area contributed by atoms with Gasteiger partial charge in [0.25, 0.3) is 0 Å². The Morgan fingerprint density at radius 1 is 1.24 bits per heavy atom. The van der Waals surface area contributed by atoms with E-state index in [1.54, 1.807) is 6.20 Å². The van der Waals surface area contributed by atoms with Gasteiger partial charge in [-0.2, -0.15) is 0 Å². The first-order valence-corrected chi connectivity index (χ1v) is 6.74. The average molecular weight is 287 g/mol. The van der Waals surface area contributed by atoms with Gasteiger partial charge in [-0.3, -0.25) is 0 Å². The third-order valence-corrected chi connectivity index (χ3v) is 3.58. The molecule has 0 fully saturated rings. The van der Waals surface area contributed by atoms with Gasteiger partial charge in [-0.15, -0.1) is 0 Å². The number of nitrogens with one attached hydrogen (secondary N) is 2. The summed E-state index contributed by atoms with van der Waals surface area (Å²) in [5.74, 6) is -1.09. The molecule has 0 radical (unpaired) electrons. The van der Waals surface area contributed by atoms with Crippen molar-refractivity contribution in [2.75, 3.05) is 0 Å². The number of benzene rings is 1. The van der Waals surface area contributed by atoms with Crippen LogP contribution in [0.15, 0.2) is 42.7 Å². The molecule has 1 aromatic carbocycles. The van der Waals surface area contributed by atoms with Crippen molar-refractivity contribution in [1.29, 1.82) is 0 Å². The van der Waals surface area contributed by atoms with Gasteiger partial charge in [0.2, 0.25) is 0 Å². The van der Waals surface area contributed by atoms with Gasteiger partial charge in [-0.05, 0) is 30.7 Å². The lowest BCUT2D eigenvalue weighted by Crippen LogP contribution is -2.19. The number of aromatic amines is 1. The third kappa shape index (κ3) is 2.78. The van der Waals surface area contributed by atoms with Crippen molar-refractivity contribution in [3.63, 3.8) is 0 Å². The van der Waals surface area contributed by atoms with Gasteiger partial charge in [-0.1, -0.05) is 6.07 Å². The molecule has 2 heterocycles. The van der Waals surface area contributed by atoms with E-state index in [9.17, 15) is 8.78 Å². The molecule has 0 aliphatic heterocycles. The van der Waals surface area contributed by atoms with E-state index >= 15 is 0 Å². The zero-order chi connectivity index (χ0) is 14.8. The van der Waals surface area contributed by atoms with Gasteiger partial charge in [0, 0.05) is 42.0 Å². The van der Waals surface area contributed by atoms with E-state index in [1.807, 2.05) is 25.3 Å². The summed E-state index contributed by atoms with van der Waals surface area (Å²) in [5.41, 5.74) is 2.36. The average Bonchev–Trinajstić information content (AvgIpc) is 2.93. The number of rotatable bonds is 4. The van der Waals surface area contributed by atoms with Crippen LogP contribution in [0.25, 0.3) is 11.0 Å². The van der Waals surface area contributed by atoms with E-state index in [4.69, 9.17) is 0 Å². The highest BCUT2D eigenvalue weighted by molar-refractivity contribution is 5.79. The summed E-state index contributed by atoms with van der Waals surface area (Å²) in [7, 11) is 0. The van der Waals surface area contributed by atoms with Crippen LogP contribution < -0.4 is 5.32 Å². The minimum absolute atomic E-state index is 0.215. The maximum Gasteiger partial charge on any atom is 0.137 e. The maximum absolute atomic E-state index is 13.7. The lowest BCUT2D eigenvalue weighted by atomic mass is 10.1. The minimum Gasteiger partial charge on any atom is -0.346 e. The first kappa shape index (κ1) is 13.7. The van der Waals surface area contributed by atoms with Crippen LogP contribution >= 0.6 is 0 Å². The van der Waals surface area contributed by atoms with Crippen LogP contribution in [-0.2, 0) is 6.54 Å². The highest BCUT2D eigenvalue weighted by Crippen LogP contribution is 2.20. The summed E-state index contributed by atoms with van der Waals surface area (Å²) in [6.45, 7) is 2.43. The number of halogens is 2. The van der Waals surface area contributed by atoms with Crippen molar-refractivity contribution < 1.29 is 8.78 Å². The van der Waals surface area contributed by atoms with Crippen LogP contribution in [0.2, 0.25) is 0 Å². The second-order valence-corrected chi connectivity index (χ2v) is 4.98. The molecule has 1 atom stereocenters. The number of hydrogen-bond donors (Lipinski definition) is 2. The van der Waals surface area contributed by atoms with Crippen molar-refractivity contribution in [2.24, 2.45) is 0 Å². The van der Waals surface area contributed by atoms with E-state index in [0.717, 1.165) is 22.7 Å². The zero-order valence-corrected chi connectivity index (χ0v) is 11.5. The molecule has 0 amide bonds. The predicted molar refractivity (Wildman–Crippen MR) is 77.7 cm³/mol. The summed E-state index contributed by atoms with van der Waals surface area (Å²) in [6, 6.07) is 7.32. The van der Waals surface area contributed by atoms with Gasteiger partial charge < -0.3 is 10.3 Å². The lowest BCUT2D eigenvalue weighted by Gasteiger charge is -2.15. The highest BCUT2D eigenvalue weighted by Gasteiger charge is 2.12. The smallest absolute Gasteiger partial charge is 0.137 e. The normalized spacial score (nSPS) is 12.7. The molecule has 3 nitrogen and oxygen atoms in total. The maximum atomic E-state index is 13.7. The number of aromatic nitrogens is 2. The standard InChI is InChI=1S/C16H15F2N3/c1-10(13-3-2-12(17)8-15(13)18)21-9-11-4-6-19-16-14(11)5-7-20-16/h2-8,10,21H,9H2,1H3,(H,19,20)/t10-/m1/s1. The highest BCUT2D eigenvalue weighted by atomic mass is 19.1. The van der Waals surface area contributed by atoms with Crippen LogP contribution in [0.1, 0.15) is 24.1 Å². The Bertz CT molecular complexity index is 767. The van der Waals surface area contributed by atoms with E-state index < -0.39 is 11.6 Å². The summed E-state index contributed by atoms with van der Waals surface area (Å²) in [6.07, 6.45) is 3.57. The van der Waals surface area contributed by atoms with Crippen LogP contribution in [-0.4, -0.2) is 9.97 Å². The molecule has 0 unspecified atom stereocenters. The molecule has 108 valence electrons. The van der Waals surface area contributed by atoms with Crippen LogP contribution in [0.5, 0.6) is 0 Å². The molecular formula is C16H15F2N3. The second-order valence-electron chi connectivity index (χ2n) is 4.98. The molecule has 0 saturated heterocycles. The number of hydrogen-bond acceptors (Lipinski definition) is 2. The van der Waals surface area contributed by atoms with Gasteiger partial charge in [-0.25, -0.2) is 13.8 Å². The fourth-order valence-electron chi connectivity index (χ4n) is 2.40. The molecule has 3 aromatic rings. The number of H-pyrrole nitrogens is 1. The van der Waals surface area contributed by atoms with Crippen molar-refractivity contribution in [1.82, 2.24) is 15.3 Å². The van der Waals surface area contributed by atoms with Crippen molar-refractivity contribution >= 4 is 11.0 Å². The molecule has 5 heteroatoms. The van der Waals surface area contributed by atoms with Gasteiger partial charge in [0.15, 0.2) is 0 Å². The summed E-state index contributed by atoms with van der Waals surface area (Å²) >= 11 is 0. The molecule has 2 N–H and O–H groups in total. The van der Waals surface area contributed by atoms with E-state index in [1.165, 1.54) is 12.1 Å². The van der Waals surface area contributed by atoms with Crippen molar-refractivity contribution in [2.45, 2.75) is 19.5 Å². The molecule has 0 bridgehead atoms. The van der Waals surface area contributed by atoms with E-state index in [2.05, 4.69) is 15.3 Å². The van der Waals surface area contributed by atoms with E-state index in [-0.39, 0.29) is 6.04 Å². The first-order chi connectivity index (χ1) is 10.1. The fraction of sp³-hybridized carbons (Fsp3) is 0.188. The summed E-state index contributed by atoms with van der Waals surface area (Å²) in [4.78, 5) is 7.28. The Hall–Kier alpha value is -2.27. The molecule has 2 aromatic heterocycles. The molecule has 0 saturated carbocycles. The van der Waals surface area contributed by atoms with Crippen molar-refractivity contribution in [3.8, 4) is 0 Å². The quantitative estimate of drug-likeness (QED) is 0.768. The van der Waals surface area contributed by atoms with Crippen LogP contribution in [0.4, 0.5) is 8.78 Å². The monoisotopic (exact) mass is 287 g/mol. The van der Waals surface area contributed by atoms with Crippen molar-refractivity contribution in [3.05, 3.63) is 65.5 Å². The largest absolute Gasteiger partial charge is 0.346 e. The van der Waals surface area contributed by atoms with Crippen LogP contribution in [0.3, 0.4) is 0 Å². The first-order valence-electron chi connectivity index (χ1n) is 6.74. The Morgan fingerprint density at radius 2 is 2.10 bits per heavy atom. The molecule has 0 spiro atoms. The Labute approximate surface area is 121 Å². The fourth-order valence-corrected chi connectivity index (χ4v) is 2.40. The lowest BCUT2D eigenvalue weighted by molar-refractivity contribution is 0.518. The summed E-state index contributed by atoms with van der Waals surface area (Å²) < 4.78 is 26.7. The molecule has 3 rings (SSSR count). The third-order valence-electron chi connectivity index (χ3n) is 3.58. The Kier molecular flexibility index (Phi) is 3.66. The Morgan fingerprint density at radius 3 is 2.90 bits per heavy atom. The second kappa shape index (κ2) is 5.61. The van der Waals surface area contributed by atoms with E-state index in [0.29, 0.717) is 12.1 Å². The predicted octanol–water partition coefficient (Wildman–Crippen LogP) is 3.69. The van der Waals surface area contributed by atoms with Crippen LogP contribution in [0, 0.1) is 11.6 Å².